The zero-order valence-electron chi connectivity index (χ0n) is 31.5. The van der Waals surface area contributed by atoms with E-state index in [4.69, 9.17) is 10.2 Å². The van der Waals surface area contributed by atoms with Crippen LogP contribution in [-0.2, 0) is 26.5 Å². The van der Waals surface area contributed by atoms with Crippen molar-refractivity contribution in [2.75, 3.05) is 34.9 Å². The molecule has 0 amide bonds. The van der Waals surface area contributed by atoms with E-state index in [1.807, 2.05) is 86.6 Å². The van der Waals surface area contributed by atoms with Crippen LogP contribution in [0.4, 0.5) is 11.4 Å². The maximum Gasteiger partial charge on any atom is 0.264 e. The number of hydrogen-bond donors (Lipinski definition) is 2. The molecule has 10 heteroatoms. The van der Waals surface area contributed by atoms with E-state index in [0.29, 0.717) is 30.9 Å². The van der Waals surface area contributed by atoms with Gasteiger partial charge in [0.05, 0.1) is 21.2 Å². The summed E-state index contributed by atoms with van der Waals surface area (Å²) in [7, 11) is -7.54. The molecule has 0 aromatic heterocycles. The summed E-state index contributed by atoms with van der Waals surface area (Å²) in [5, 5.41) is 18.1. The molecular formula is C43H58N2O6S2. The van der Waals surface area contributed by atoms with Crippen LogP contribution in [0, 0.1) is 13.8 Å². The topological polar surface area (TPSA) is 115 Å². The Morgan fingerprint density at radius 1 is 0.415 bits per heavy atom. The molecule has 0 aliphatic rings. The van der Waals surface area contributed by atoms with Gasteiger partial charge >= 0.3 is 0 Å². The Bertz CT molecular complexity index is 1720. The Kier molecular flexibility index (Phi) is 16.9. The molecule has 4 aromatic rings. The number of anilines is 2. The molecule has 4 rings (SSSR count). The zero-order chi connectivity index (χ0) is 38.1. The first-order chi connectivity index (χ1) is 25.6. The Labute approximate surface area is 318 Å². The summed E-state index contributed by atoms with van der Waals surface area (Å²) in [6, 6.07) is 29.3. The average molecular weight is 763 g/mol. The molecule has 2 N–H and O–H groups in total. The highest BCUT2D eigenvalue weighted by molar-refractivity contribution is 7.93. The maximum absolute atomic E-state index is 13.9. The number of aryl methyl sites for hydroxylation is 2. The third kappa shape index (κ3) is 12.7. The van der Waals surface area contributed by atoms with Crippen LogP contribution in [0.3, 0.4) is 0 Å². The first-order valence-corrected chi connectivity index (χ1v) is 22.0. The van der Waals surface area contributed by atoms with Crippen molar-refractivity contribution in [3.8, 4) is 0 Å². The second-order valence-electron chi connectivity index (χ2n) is 14.0. The molecule has 4 aromatic carbocycles. The van der Waals surface area contributed by atoms with Gasteiger partial charge in [0, 0.05) is 26.3 Å². The summed E-state index contributed by atoms with van der Waals surface area (Å²) in [6.07, 6.45) is 11.5. The molecule has 53 heavy (non-hydrogen) atoms. The Hall–Kier alpha value is -3.70. The van der Waals surface area contributed by atoms with E-state index in [2.05, 4.69) is 0 Å². The molecule has 8 nitrogen and oxygen atoms in total. The molecule has 288 valence electrons. The molecule has 0 spiro atoms. The Morgan fingerprint density at radius 3 is 1.04 bits per heavy atom. The van der Waals surface area contributed by atoms with E-state index in [1.165, 1.54) is 8.61 Å². The number of nitrogens with zero attached hydrogens (tertiary/aromatic N) is 2. The van der Waals surface area contributed by atoms with Crippen molar-refractivity contribution in [3.63, 3.8) is 0 Å². The van der Waals surface area contributed by atoms with Gasteiger partial charge in [-0.25, -0.2) is 16.8 Å². The highest BCUT2D eigenvalue weighted by Gasteiger charge is 2.26. The summed E-state index contributed by atoms with van der Waals surface area (Å²) in [5.41, 5.74) is 5.27. The molecule has 0 heterocycles. The number of unbranched alkanes of at least 4 members (excludes halogenated alkanes) is 10. The van der Waals surface area contributed by atoms with Gasteiger partial charge < -0.3 is 10.2 Å². The van der Waals surface area contributed by atoms with Gasteiger partial charge in [0.2, 0.25) is 0 Å². The first-order valence-electron chi connectivity index (χ1n) is 19.1. The number of sulfonamides is 2. The van der Waals surface area contributed by atoms with E-state index in [9.17, 15) is 16.8 Å². The first kappa shape index (κ1) is 42.0. The number of hydrogen-bond acceptors (Lipinski definition) is 6. The van der Waals surface area contributed by atoms with Crippen molar-refractivity contribution in [2.24, 2.45) is 0 Å². The number of aliphatic hydroxyl groups is 2. The van der Waals surface area contributed by atoms with Crippen LogP contribution in [0.1, 0.15) is 99.3 Å². The fourth-order valence-electron chi connectivity index (χ4n) is 6.40. The van der Waals surface area contributed by atoms with Gasteiger partial charge in [-0.15, -0.1) is 0 Å². The predicted octanol–water partition coefficient (Wildman–Crippen LogP) is 8.95. The molecule has 0 bridgehead atoms. The Balaban J connectivity index is 1.48. The lowest BCUT2D eigenvalue weighted by Crippen LogP contribution is -2.32. The largest absolute Gasteiger partial charge is 0.396 e. The second kappa shape index (κ2) is 21.3. The van der Waals surface area contributed by atoms with Gasteiger partial charge in [0.1, 0.15) is 0 Å². The maximum atomic E-state index is 13.9. The van der Waals surface area contributed by atoms with E-state index in [1.54, 1.807) is 24.3 Å². The third-order valence-electron chi connectivity index (χ3n) is 9.61. The van der Waals surface area contributed by atoms with Gasteiger partial charge in [-0.1, -0.05) is 111 Å². The summed E-state index contributed by atoms with van der Waals surface area (Å²) < 4.78 is 58.5. The molecule has 0 unspecified atom stereocenters. The van der Waals surface area contributed by atoms with Crippen LogP contribution in [-0.4, -0.2) is 53.4 Å². The van der Waals surface area contributed by atoms with E-state index in [0.717, 1.165) is 99.3 Å². The molecule has 0 aliphatic carbocycles. The SMILES string of the molecule is Cc1ccc(S(=O)(=O)N(CCCCCCCCO)c2ccc(Cc3ccc(N(CCCCCCCCO)S(=O)(=O)c4ccc(C)cc4)cc3)cc2)cc1. The minimum absolute atomic E-state index is 0.204. The van der Waals surface area contributed by atoms with E-state index >= 15 is 0 Å². The normalized spacial score (nSPS) is 11.8. The number of rotatable bonds is 24. The van der Waals surface area contributed by atoms with Gasteiger partial charge in [-0.2, -0.15) is 0 Å². The van der Waals surface area contributed by atoms with Gasteiger partial charge in [0.25, 0.3) is 20.0 Å². The summed E-state index contributed by atoms with van der Waals surface area (Å²) >= 11 is 0. The molecule has 0 radical (unpaired) electrons. The summed E-state index contributed by atoms with van der Waals surface area (Å²) in [5.74, 6) is 0. The van der Waals surface area contributed by atoms with E-state index in [-0.39, 0.29) is 23.0 Å². The summed E-state index contributed by atoms with van der Waals surface area (Å²) in [6.45, 7) is 5.04. The fourth-order valence-corrected chi connectivity index (χ4v) is 9.40. The minimum Gasteiger partial charge on any atom is -0.396 e. The number of aliphatic hydroxyl groups excluding tert-OH is 2. The van der Waals surface area contributed by atoms with Crippen molar-refractivity contribution in [2.45, 2.75) is 107 Å². The standard InChI is InChI=1S/C43H58N2O6S2/c1-36-15-27-42(28-16-36)52(48,49)44(31-11-7-3-5-9-13-33-46)40-23-19-38(20-24-40)35-39-21-25-41(26-22-39)45(32-12-8-4-6-10-14-34-47)53(50,51)43-29-17-37(2)18-30-43/h15-30,46-47H,3-14,31-35H2,1-2H3. The average Bonchev–Trinajstić information content (AvgIpc) is 3.15. The molecular weight excluding hydrogens is 705 g/mol. The Morgan fingerprint density at radius 2 is 0.717 bits per heavy atom. The van der Waals surface area contributed by atoms with Crippen LogP contribution in [0.2, 0.25) is 0 Å². The van der Waals surface area contributed by atoms with Crippen molar-refractivity contribution in [3.05, 3.63) is 119 Å². The van der Waals surface area contributed by atoms with Crippen molar-refractivity contribution < 1.29 is 27.0 Å². The molecule has 0 saturated heterocycles. The number of benzene rings is 4. The van der Waals surface area contributed by atoms with Gasteiger partial charge in [-0.05, 0) is 106 Å². The van der Waals surface area contributed by atoms with Crippen molar-refractivity contribution in [1.29, 1.82) is 0 Å². The highest BCUT2D eigenvalue weighted by Crippen LogP contribution is 2.28. The van der Waals surface area contributed by atoms with Crippen molar-refractivity contribution >= 4 is 31.4 Å². The lowest BCUT2D eigenvalue weighted by molar-refractivity contribution is 0.282. The van der Waals surface area contributed by atoms with E-state index < -0.39 is 20.0 Å². The fraction of sp³-hybridized carbons (Fsp3) is 0.442. The van der Waals surface area contributed by atoms with Crippen LogP contribution < -0.4 is 8.61 Å². The van der Waals surface area contributed by atoms with Crippen molar-refractivity contribution in [1.82, 2.24) is 0 Å². The molecule has 0 fully saturated rings. The lowest BCUT2D eigenvalue weighted by atomic mass is 10.0. The lowest BCUT2D eigenvalue weighted by Gasteiger charge is -2.25. The molecule has 0 atom stereocenters. The quantitative estimate of drug-likeness (QED) is 0.0689. The zero-order valence-corrected chi connectivity index (χ0v) is 33.1. The van der Waals surface area contributed by atoms with Crippen LogP contribution >= 0.6 is 0 Å². The monoisotopic (exact) mass is 762 g/mol. The molecule has 0 saturated carbocycles. The van der Waals surface area contributed by atoms with Crippen LogP contribution in [0.5, 0.6) is 0 Å². The minimum atomic E-state index is -3.77. The third-order valence-corrected chi connectivity index (χ3v) is 13.3. The smallest absolute Gasteiger partial charge is 0.264 e. The molecule has 0 aliphatic heterocycles. The van der Waals surface area contributed by atoms with Crippen LogP contribution in [0.25, 0.3) is 0 Å². The highest BCUT2D eigenvalue weighted by atomic mass is 32.2. The van der Waals surface area contributed by atoms with Crippen LogP contribution in [0.15, 0.2) is 107 Å². The van der Waals surface area contributed by atoms with Gasteiger partial charge in [0.15, 0.2) is 0 Å². The van der Waals surface area contributed by atoms with Gasteiger partial charge in [-0.3, -0.25) is 8.61 Å². The summed E-state index contributed by atoms with van der Waals surface area (Å²) in [4.78, 5) is 0.540. The predicted molar refractivity (Wildman–Crippen MR) is 217 cm³/mol. The second-order valence-corrected chi connectivity index (χ2v) is 17.7.